The summed E-state index contributed by atoms with van der Waals surface area (Å²) in [5, 5.41) is 9.09. The fourth-order valence-corrected chi connectivity index (χ4v) is 2.63. The summed E-state index contributed by atoms with van der Waals surface area (Å²) < 4.78 is 5.45. The molecular formula is C14H20N2O4. The van der Waals surface area contributed by atoms with E-state index in [1.165, 1.54) is 0 Å². The highest BCUT2D eigenvalue weighted by Gasteiger charge is 2.39. The van der Waals surface area contributed by atoms with Gasteiger partial charge in [-0.15, -0.1) is 0 Å². The van der Waals surface area contributed by atoms with Crippen LogP contribution in [0.3, 0.4) is 0 Å². The maximum absolute atomic E-state index is 12.4. The van der Waals surface area contributed by atoms with E-state index in [4.69, 9.17) is 9.52 Å². The number of nitrogens with zero attached hydrogens (tertiary/aromatic N) is 2. The monoisotopic (exact) mass is 280 g/mol. The fourth-order valence-electron chi connectivity index (χ4n) is 2.63. The Morgan fingerprint density at radius 2 is 2.20 bits per heavy atom. The molecule has 6 heteroatoms. The van der Waals surface area contributed by atoms with E-state index in [1.807, 2.05) is 19.1 Å². The molecule has 0 aliphatic carbocycles. The zero-order valence-corrected chi connectivity index (χ0v) is 12.0. The number of furan rings is 1. The van der Waals surface area contributed by atoms with Crippen LogP contribution < -0.4 is 0 Å². The molecule has 0 saturated carbocycles. The molecule has 0 radical (unpaired) electrons. The minimum absolute atomic E-state index is 0.157. The number of amides is 2. The van der Waals surface area contributed by atoms with Gasteiger partial charge in [-0.3, -0.25) is 4.79 Å². The first-order chi connectivity index (χ1) is 9.40. The molecule has 2 rings (SSSR count). The number of urea groups is 1. The Labute approximate surface area is 118 Å². The predicted octanol–water partition coefficient (Wildman–Crippen LogP) is 1.93. The highest BCUT2D eigenvalue weighted by atomic mass is 16.4. The first kappa shape index (κ1) is 14.4. The zero-order valence-electron chi connectivity index (χ0n) is 12.0. The number of carboxylic acid groups (broad SMARTS) is 1. The lowest BCUT2D eigenvalue weighted by atomic mass is 10.0. The van der Waals surface area contributed by atoms with Crippen molar-refractivity contribution in [1.29, 1.82) is 0 Å². The van der Waals surface area contributed by atoms with Crippen LogP contribution in [0.15, 0.2) is 16.5 Å². The van der Waals surface area contributed by atoms with Crippen molar-refractivity contribution in [3.63, 3.8) is 0 Å². The molecule has 1 N–H and O–H groups in total. The van der Waals surface area contributed by atoms with Gasteiger partial charge in [0.25, 0.3) is 0 Å². The smallest absolute Gasteiger partial charge is 0.320 e. The van der Waals surface area contributed by atoms with E-state index in [0.29, 0.717) is 19.5 Å². The standard InChI is InChI=1S/C14H20N2O4/c1-9-4-5-11(20-9)8-15(3)14(19)16-7-6-12(10(16)2)13(17)18/h4-5,10,12H,6-8H2,1-3H3,(H,17,18). The van der Waals surface area contributed by atoms with Gasteiger partial charge in [0.1, 0.15) is 11.5 Å². The van der Waals surface area contributed by atoms with Crippen molar-refractivity contribution in [2.24, 2.45) is 5.92 Å². The van der Waals surface area contributed by atoms with Gasteiger partial charge in [0, 0.05) is 19.6 Å². The lowest BCUT2D eigenvalue weighted by Crippen LogP contribution is -2.44. The van der Waals surface area contributed by atoms with Crippen molar-refractivity contribution < 1.29 is 19.1 Å². The van der Waals surface area contributed by atoms with E-state index in [9.17, 15) is 9.59 Å². The summed E-state index contributed by atoms with van der Waals surface area (Å²) in [6.07, 6.45) is 0.510. The molecule has 6 nitrogen and oxygen atoms in total. The van der Waals surface area contributed by atoms with Crippen molar-refractivity contribution >= 4 is 12.0 Å². The van der Waals surface area contributed by atoms with E-state index in [2.05, 4.69) is 0 Å². The van der Waals surface area contributed by atoms with E-state index < -0.39 is 11.9 Å². The molecule has 2 amide bonds. The summed E-state index contributed by atoms with van der Waals surface area (Å²) in [5.41, 5.74) is 0. The lowest BCUT2D eigenvalue weighted by Gasteiger charge is -2.28. The van der Waals surface area contributed by atoms with Crippen molar-refractivity contribution in [3.05, 3.63) is 23.7 Å². The minimum atomic E-state index is -0.836. The molecule has 2 heterocycles. The molecule has 1 fully saturated rings. The Kier molecular flexibility index (Phi) is 4.01. The number of carboxylic acids is 1. The topological polar surface area (TPSA) is 74.0 Å². The molecule has 1 aromatic rings. The molecule has 0 bridgehead atoms. The number of aliphatic carboxylic acids is 1. The van der Waals surface area contributed by atoms with Crippen molar-refractivity contribution in [2.75, 3.05) is 13.6 Å². The highest BCUT2D eigenvalue weighted by Crippen LogP contribution is 2.25. The molecule has 1 aliphatic heterocycles. The molecule has 110 valence electrons. The third-order valence-corrected chi connectivity index (χ3v) is 3.83. The second-order valence-corrected chi connectivity index (χ2v) is 5.32. The van der Waals surface area contributed by atoms with Gasteiger partial charge in [0.15, 0.2) is 0 Å². The first-order valence-corrected chi connectivity index (χ1v) is 6.70. The van der Waals surface area contributed by atoms with Gasteiger partial charge >= 0.3 is 12.0 Å². The van der Waals surface area contributed by atoms with Crippen LogP contribution >= 0.6 is 0 Å². The molecule has 2 unspecified atom stereocenters. The molecule has 0 aromatic carbocycles. The summed E-state index contributed by atoms with van der Waals surface area (Å²) >= 11 is 0. The van der Waals surface area contributed by atoms with Crippen LogP contribution in [0, 0.1) is 12.8 Å². The second kappa shape index (κ2) is 5.56. The Bertz CT molecular complexity index is 511. The summed E-state index contributed by atoms with van der Waals surface area (Å²) in [6.45, 7) is 4.51. The number of hydrogen-bond donors (Lipinski definition) is 1. The number of aryl methyl sites for hydroxylation is 1. The van der Waals surface area contributed by atoms with Crippen LogP contribution in [0.5, 0.6) is 0 Å². The Hall–Kier alpha value is -1.98. The predicted molar refractivity (Wildman–Crippen MR) is 72.2 cm³/mol. The Morgan fingerprint density at radius 3 is 2.70 bits per heavy atom. The van der Waals surface area contributed by atoms with Gasteiger partial charge in [-0.2, -0.15) is 0 Å². The van der Waals surface area contributed by atoms with Gasteiger partial charge in [0.05, 0.1) is 12.5 Å². The SMILES string of the molecule is Cc1ccc(CN(C)C(=O)N2CCC(C(=O)O)C2C)o1. The van der Waals surface area contributed by atoms with E-state index in [0.717, 1.165) is 11.5 Å². The summed E-state index contributed by atoms with van der Waals surface area (Å²) in [4.78, 5) is 26.6. The van der Waals surface area contributed by atoms with Crippen molar-refractivity contribution in [3.8, 4) is 0 Å². The van der Waals surface area contributed by atoms with Crippen LogP contribution in [-0.4, -0.2) is 46.5 Å². The minimum Gasteiger partial charge on any atom is -0.481 e. The number of hydrogen-bond acceptors (Lipinski definition) is 3. The van der Waals surface area contributed by atoms with Crippen LogP contribution in [0.2, 0.25) is 0 Å². The van der Waals surface area contributed by atoms with E-state index in [1.54, 1.807) is 23.8 Å². The van der Waals surface area contributed by atoms with Crippen LogP contribution in [0.4, 0.5) is 4.79 Å². The quantitative estimate of drug-likeness (QED) is 0.918. The van der Waals surface area contributed by atoms with Gasteiger partial charge in [-0.25, -0.2) is 4.79 Å². The fraction of sp³-hybridized carbons (Fsp3) is 0.571. The first-order valence-electron chi connectivity index (χ1n) is 6.70. The van der Waals surface area contributed by atoms with Gasteiger partial charge in [-0.05, 0) is 32.4 Å². The average molecular weight is 280 g/mol. The van der Waals surface area contributed by atoms with Gasteiger partial charge in [0.2, 0.25) is 0 Å². The van der Waals surface area contributed by atoms with Crippen LogP contribution in [0.25, 0.3) is 0 Å². The summed E-state index contributed by atoms with van der Waals surface area (Å²) in [6, 6.07) is 3.26. The Morgan fingerprint density at radius 1 is 1.50 bits per heavy atom. The van der Waals surface area contributed by atoms with Gasteiger partial charge in [-0.1, -0.05) is 0 Å². The second-order valence-electron chi connectivity index (χ2n) is 5.32. The number of likely N-dealkylation sites (tertiary alicyclic amines) is 1. The van der Waals surface area contributed by atoms with E-state index in [-0.39, 0.29) is 12.1 Å². The third kappa shape index (κ3) is 2.79. The molecule has 1 saturated heterocycles. The maximum Gasteiger partial charge on any atom is 0.320 e. The number of rotatable bonds is 3. The lowest BCUT2D eigenvalue weighted by molar-refractivity contribution is -0.142. The summed E-state index contributed by atoms with van der Waals surface area (Å²) in [5.74, 6) is 0.219. The van der Waals surface area contributed by atoms with Crippen LogP contribution in [-0.2, 0) is 11.3 Å². The normalized spacial score (nSPS) is 22.1. The number of carbonyl (C=O) groups excluding carboxylic acids is 1. The maximum atomic E-state index is 12.4. The average Bonchev–Trinajstić information content (AvgIpc) is 2.94. The third-order valence-electron chi connectivity index (χ3n) is 3.83. The van der Waals surface area contributed by atoms with Crippen LogP contribution in [0.1, 0.15) is 24.9 Å². The van der Waals surface area contributed by atoms with Crippen molar-refractivity contribution in [1.82, 2.24) is 9.80 Å². The molecule has 1 aliphatic rings. The molecule has 0 spiro atoms. The molecule has 2 atom stereocenters. The number of carbonyl (C=O) groups is 2. The summed E-state index contributed by atoms with van der Waals surface area (Å²) in [7, 11) is 1.70. The zero-order chi connectivity index (χ0) is 14.9. The molecular weight excluding hydrogens is 260 g/mol. The Balaban J connectivity index is 1.99. The highest BCUT2D eigenvalue weighted by molar-refractivity contribution is 5.78. The molecule has 20 heavy (non-hydrogen) atoms. The molecule has 1 aromatic heterocycles. The van der Waals surface area contributed by atoms with E-state index >= 15 is 0 Å². The largest absolute Gasteiger partial charge is 0.481 e. The van der Waals surface area contributed by atoms with Crippen molar-refractivity contribution in [2.45, 2.75) is 32.9 Å². The van der Waals surface area contributed by atoms with Gasteiger partial charge < -0.3 is 19.3 Å².